The lowest BCUT2D eigenvalue weighted by Gasteiger charge is -2.15. The number of benzene rings is 1. The number of aliphatic hydroxyl groups excluding tert-OH is 1. The van der Waals surface area contributed by atoms with E-state index in [0.717, 1.165) is 30.1 Å². The van der Waals surface area contributed by atoms with Gasteiger partial charge in [0.25, 0.3) is 5.78 Å². The molecule has 0 fully saturated rings. The summed E-state index contributed by atoms with van der Waals surface area (Å²) < 4.78 is 9.96. The SMILES string of the molecule is COC(=O)C(=O)/C=C(\O)c1cc(C)c(OC(C)C)cc1C. The lowest BCUT2D eigenvalue weighted by atomic mass is 10.0. The smallest absolute Gasteiger partial charge is 0.378 e. The second kappa shape index (κ2) is 6.92. The van der Waals surface area contributed by atoms with Gasteiger partial charge in [-0.1, -0.05) is 0 Å². The summed E-state index contributed by atoms with van der Waals surface area (Å²) in [7, 11) is 1.11. The predicted molar refractivity (Wildman–Crippen MR) is 79.3 cm³/mol. The zero-order chi connectivity index (χ0) is 16.2. The van der Waals surface area contributed by atoms with Crippen molar-refractivity contribution in [3.8, 4) is 5.75 Å². The number of ether oxygens (including phenoxy) is 2. The Morgan fingerprint density at radius 3 is 2.33 bits per heavy atom. The molecule has 0 aromatic heterocycles. The molecule has 0 aliphatic rings. The van der Waals surface area contributed by atoms with Gasteiger partial charge in [-0.25, -0.2) is 4.79 Å². The molecule has 0 heterocycles. The fourth-order valence-corrected chi connectivity index (χ4v) is 1.81. The third kappa shape index (κ3) is 4.34. The maximum absolute atomic E-state index is 11.4. The van der Waals surface area contributed by atoms with E-state index >= 15 is 0 Å². The van der Waals surface area contributed by atoms with Gasteiger partial charge in [-0.15, -0.1) is 0 Å². The summed E-state index contributed by atoms with van der Waals surface area (Å²) >= 11 is 0. The van der Waals surface area contributed by atoms with Crippen LogP contribution in [0.3, 0.4) is 0 Å². The number of carbonyl (C=O) groups is 2. The van der Waals surface area contributed by atoms with Crippen LogP contribution in [0.4, 0.5) is 0 Å². The van der Waals surface area contributed by atoms with Gasteiger partial charge < -0.3 is 14.6 Å². The summed E-state index contributed by atoms with van der Waals surface area (Å²) in [6.45, 7) is 7.48. The number of hydrogen-bond acceptors (Lipinski definition) is 5. The molecule has 5 nitrogen and oxygen atoms in total. The summed E-state index contributed by atoms with van der Waals surface area (Å²) in [6, 6.07) is 3.50. The van der Waals surface area contributed by atoms with Gasteiger partial charge in [0, 0.05) is 11.6 Å². The molecule has 0 aliphatic carbocycles. The zero-order valence-corrected chi connectivity index (χ0v) is 12.9. The molecule has 0 spiro atoms. The van der Waals surface area contributed by atoms with E-state index in [-0.39, 0.29) is 11.9 Å². The molecule has 1 rings (SSSR count). The molecule has 0 atom stereocenters. The molecule has 0 radical (unpaired) electrons. The Morgan fingerprint density at radius 1 is 1.19 bits per heavy atom. The maximum atomic E-state index is 11.4. The molecule has 21 heavy (non-hydrogen) atoms. The van der Waals surface area contributed by atoms with Crippen molar-refractivity contribution >= 4 is 17.5 Å². The molecule has 0 unspecified atom stereocenters. The monoisotopic (exact) mass is 292 g/mol. The van der Waals surface area contributed by atoms with Crippen LogP contribution in [-0.2, 0) is 14.3 Å². The first-order valence-corrected chi connectivity index (χ1v) is 6.57. The van der Waals surface area contributed by atoms with Crippen molar-refractivity contribution in [3.63, 3.8) is 0 Å². The van der Waals surface area contributed by atoms with Crippen LogP contribution < -0.4 is 4.74 Å². The maximum Gasteiger partial charge on any atom is 0.378 e. The minimum Gasteiger partial charge on any atom is -0.507 e. The Hall–Kier alpha value is -2.30. The third-order valence-electron chi connectivity index (χ3n) is 2.81. The van der Waals surface area contributed by atoms with Crippen LogP contribution in [0, 0.1) is 13.8 Å². The number of esters is 1. The summed E-state index contributed by atoms with van der Waals surface area (Å²) in [5.41, 5.74) is 2.04. The van der Waals surface area contributed by atoms with Crippen LogP contribution in [0.1, 0.15) is 30.5 Å². The van der Waals surface area contributed by atoms with Crippen LogP contribution in [-0.4, -0.2) is 30.1 Å². The van der Waals surface area contributed by atoms with E-state index in [0.29, 0.717) is 5.56 Å². The van der Waals surface area contributed by atoms with Crippen LogP contribution in [0.5, 0.6) is 5.75 Å². The topological polar surface area (TPSA) is 72.8 Å². The molecular formula is C16H20O5. The van der Waals surface area contributed by atoms with E-state index < -0.39 is 11.8 Å². The highest BCUT2D eigenvalue weighted by Gasteiger charge is 2.15. The minimum absolute atomic E-state index is 0.0407. The first kappa shape index (κ1) is 16.8. The van der Waals surface area contributed by atoms with Crippen molar-refractivity contribution in [1.82, 2.24) is 0 Å². The highest BCUT2D eigenvalue weighted by atomic mass is 16.5. The molecule has 114 valence electrons. The summed E-state index contributed by atoms with van der Waals surface area (Å²) in [5.74, 6) is -1.48. The summed E-state index contributed by atoms with van der Waals surface area (Å²) in [4.78, 5) is 22.5. The molecule has 1 N–H and O–H groups in total. The van der Waals surface area contributed by atoms with Crippen molar-refractivity contribution in [1.29, 1.82) is 0 Å². The van der Waals surface area contributed by atoms with Crippen LogP contribution in [0.25, 0.3) is 5.76 Å². The van der Waals surface area contributed by atoms with Gasteiger partial charge in [-0.05, 0) is 51.0 Å². The molecule has 0 amide bonds. The van der Waals surface area contributed by atoms with E-state index in [1.807, 2.05) is 20.8 Å². The summed E-state index contributed by atoms with van der Waals surface area (Å²) in [5, 5.41) is 10.0. The highest BCUT2D eigenvalue weighted by Crippen LogP contribution is 2.27. The average molecular weight is 292 g/mol. The van der Waals surface area contributed by atoms with E-state index in [9.17, 15) is 14.7 Å². The molecule has 1 aromatic carbocycles. The highest BCUT2D eigenvalue weighted by molar-refractivity contribution is 6.39. The van der Waals surface area contributed by atoms with E-state index in [4.69, 9.17) is 4.74 Å². The van der Waals surface area contributed by atoms with Gasteiger partial charge in [0.15, 0.2) is 0 Å². The van der Waals surface area contributed by atoms with Crippen LogP contribution in [0.15, 0.2) is 18.2 Å². The van der Waals surface area contributed by atoms with Gasteiger partial charge in [-0.2, -0.15) is 0 Å². The fourth-order valence-electron chi connectivity index (χ4n) is 1.81. The number of aryl methyl sites for hydroxylation is 2. The van der Waals surface area contributed by atoms with Crippen LogP contribution in [0.2, 0.25) is 0 Å². The number of aliphatic hydroxyl groups is 1. The lowest BCUT2D eigenvalue weighted by Crippen LogP contribution is -2.13. The Kier molecular flexibility index (Phi) is 5.52. The van der Waals surface area contributed by atoms with Crippen molar-refractivity contribution in [2.75, 3.05) is 7.11 Å². The van der Waals surface area contributed by atoms with Crippen molar-refractivity contribution in [2.45, 2.75) is 33.8 Å². The number of methoxy groups -OCH3 is 1. The average Bonchev–Trinajstić information content (AvgIpc) is 2.40. The number of hydrogen-bond donors (Lipinski definition) is 1. The largest absolute Gasteiger partial charge is 0.507 e. The van der Waals surface area contributed by atoms with Gasteiger partial charge in [0.2, 0.25) is 0 Å². The Balaban J connectivity index is 3.14. The van der Waals surface area contributed by atoms with E-state index in [1.165, 1.54) is 0 Å². The molecule has 0 aliphatic heterocycles. The van der Waals surface area contributed by atoms with Crippen molar-refractivity contribution in [2.24, 2.45) is 0 Å². The second-order valence-corrected chi connectivity index (χ2v) is 4.98. The number of ketones is 1. The second-order valence-electron chi connectivity index (χ2n) is 4.98. The standard InChI is InChI=1S/C16H20O5/c1-9(2)21-15-7-10(3)12(6-11(15)4)13(17)8-14(18)16(19)20-5/h6-9,17H,1-5H3/b13-8-. The summed E-state index contributed by atoms with van der Waals surface area (Å²) in [6.07, 6.45) is 0.898. The van der Waals surface area contributed by atoms with Gasteiger partial charge >= 0.3 is 5.97 Å². The molecular weight excluding hydrogens is 272 g/mol. The molecule has 5 heteroatoms. The Labute approximate surface area is 124 Å². The van der Waals surface area contributed by atoms with Gasteiger partial charge in [-0.3, -0.25) is 4.79 Å². The Morgan fingerprint density at radius 2 is 1.81 bits per heavy atom. The predicted octanol–water partition coefficient (Wildman–Crippen LogP) is 2.73. The zero-order valence-electron chi connectivity index (χ0n) is 12.9. The fraction of sp³-hybridized carbons (Fsp3) is 0.375. The molecule has 0 saturated heterocycles. The van der Waals surface area contributed by atoms with Gasteiger partial charge in [0.1, 0.15) is 11.5 Å². The molecule has 0 saturated carbocycles. The van der Waals surface area contributed by atoms with E-state index in [1.54, 1.807) is 19.1 Å². The quantitative estimate of drug-likeness (QED) is 0.391. The first-order valence-electron chi connectivity index (χ1n) is 6.57. The Bertz CT molecular complexity index is 585. The number of rotatable bonds is 5. The molecule has 0 bridgehead atoms. The first-order chi connectivity index (χ1) is 9.76. The van der Waals surface area contributed by atoms with E-state index in [2.05, 4.69) is 4.74 Å². The van der Waals surface area contributed by atoms with Gasteiger partial charge in [0.05, 0.1) is 13.2 Å². The lowest BCUT2D eigenvalue weighted by molar-refractivity contribution is -0.149. The minimum atomic E-state index is -1.02. The van der Waals surface area contributed by atoms with Crippen molar-refractivity contribution < 1.29 is 24.2 Å². The number of carbonyl (C=O) groups excluding carboxylic acids is 2. The van der Waals surface area contributed by atoms with Crippen LogP contribution >= 0.6 is 0 Å². The van der Waals surface area contributed by atoms with Crippen molar-refractivity contribution in [3.05, 3.63) is 34.9 Å². The third-order valence-corrected chi connectivity index (χ3v) is 2.81. The normalized spacial score (nSPS) is 11.4. The molecule has 1 aromatic rings.